The van der Waals surface area contributed by atoms with Crippen molar-refractivity contribution >= 4 is 28.7 Å². The van der Waals surface area contributed by atoms with Crippen molar-refractivity contribution in [1.29, 1.82) is 0 Å². The van der Waals surface area contributed by atoms with Crippen molar-refractivity contribution in [3.63, 3.8) is 0 Å². The van der Waals surface area contributed by atoms with Crippen molar-refractivity contribution in [2.24, 2.45) is 0 Å². The molecule has 0 aromatic heterocycles. The van der Waals surface area contributed by atoms with Gasteiger partial charge in [-0.15, -0.1) is 0 Å². The number of nitro groups is 1. The van der Waals surface area contributed by atoms with E-state index >= 15 is 0 Å². The molecular formula is C16H17N3O3S. The van der Waals surface area contributed by atoms with Crippen LogP contribution < -0.4 is 15.4 Å². The van der Waals surface area contributed by atoms with Crippen molar-refractivity contribution in [2.75, 3.05) is 12.4 Å². The van der Waals surface area contributed by atoms with Gasteiger partial charge in [0, 0.05) is 6.07 Å². The number of benzene rings is 2. The maximum Gasteiger partial charge on any atom is 0.273 e. The Bertz CT molecular complexity index is 707. The predicted octanol–water partition coefficient (Wildman–Crippen LogP) is 3.65. The number of methoxy groups -OCH3 is 1. The van der Waals surface area contributed by atoms with Crippen molar-refractivity contribution in [3.8, 4) is 5.75 Å². The first-order chi connectivity index (χ1) is 11.0. The number of ether oxygens (including phenoxy) is 1. The Morgan fingerprint density at radius 3 is 2.57 bits per heavy atom. The Hall–Kier alpha value is -2.67. The first kappa shape index (κ1) is 16.7. The molecule has 2 rings (SSSR count). The van der Waals surface area contributed by atoms with Gasteiger partial charge in [0.05, 0.1) is 29.8 Å². The second-order valence-electron chi connectivity index (χ2n) is 4.87. The summed E-state index contributed by atoms with van der Waals surface area (Å²) in [5.41, 5.74) is 1.63. The second kappa shape index (κ2) is 7.55. The van der Waals surface area contributed by atoms with E-state index in [-0.39, 0.29) is 11.7 Å². The lowest BCUT2D eigenvalue weighted by Gasteiger charge is -2.18. The van der Waals surface area contributed by atoms with Crippen LogP contribution in [0.2, 0.25) is 0 Å². The Balaban J connectivity index is 2.07. The largest absolute Gasteiger partial charge is 0.494 e. The van der Waals surface area contributed by atoms with E-state index in [9.17, 15) is 10.1 Å². The highest BCUT2D eigenvalue weighted by Crippen LogP contribution is 2.29. The molecule has 2 aromatic carbocycles. The average Bonchev–Trinajstić information content (AvgIpc) is 2.55. The van der Waals surface area contributed by atoms with Crippen LogP contribution in [0.3, 0.4) is 0 Å². The lowest BCUT2D eigenvalue weighted by molar-refractivity contribution is -0.384. The van der Waals surface area contributed by atoms with Crippen LogP contribution >= 0.6 is 12.2 Å². The molecule has 1 atom stereocenters. The summed E-state index contributed by atoms with van der Waals surface area (Å²) in [6.07, 6.45) is 0. The van der Waals surface area contributed by atoms with Crippen molar-refractivity contribution < 1.29 is 9.66 Å². The predicted molar refractivity (Wildman–Crippen MR) is 93.9 cm³/mol. The molecule has 0 saturated carbocycles. The molecule has 0 amide bonds. The molecule has 0 fully saturated rings. The molecule has 0 saturated heterocycles. The SMILES string of the molecule is COc1cc([N+](=O)[O-])ccc1NC(=S)N[C@H](C)c1ccccc1. The Morgan fingerprint density at radius 2 is 1.96 bits per heavy atom. The molecule has 0 bridgehead atoms. The third kappa shape index (κ3) is 4.40. The minimum atomic E-state index is -0.472. The number of anilines is 1. The lowest BCUT2D eigenvalue weighted by atomic mass is 10.1. The molecule has 6 nitrogen and oxygen atoms in total. The van der Waals surface area contributed by atoms with E-state index in [0.29, 0.717) is 16.5 Å². The number of non-ortho nitro benzene ring substituents is 1. The van der Waals surface area contributed by atoms with Gasteiger partial charge in [-0.25, -0.2) is 0 Å². The van der Waals surface area contributed by atoms with Gasteiger partial charge in [-0.1, -0.05) is 30.3 Å². The van der Waals surface area contributed by atoms with Gasteiger partial charge in [0.2, 0.25) is 0 Å². The quantitative estimate of drug-likeness (QED) is 0.495. The van der Waals surface area contributed by atoms with E-state index < -0.39 is 4.92 Å². The van der Waals surface area contributed by atoms with Gasteiger partial charge in [0.1, 0.15) is 5.75 Å². The Labute approximate surface area is 139 Å². The zero-order chi connectivity index (χ0) is 16.8. The van der Waals surface area contributed by atoms with Crippen LogP contribution in [0, 0.1) is 10.1 Å². The summed E-state index contributed by atoms with van der Waals surface area (Å²) in [6, 6.07) is 14.2. The van der Waals surface area contributed by atoms with Gasteiger partial charge in [-0.3, -0.25) is 10.1 Å². The molecule has 0 unspecified atom stereocenters. The van der Waals surface area contributed by atoms with Crippen molar-refractivity contribution in [2.45, 2.75) is 13.0 Å². The summed E-state index contributed by atoms with van der Waals surface area (Å²) in [7, 11) is 1.45. The van der Waals surface area contributed by atoms with Gasteiger partial charge >= 0.3 is 0 Å². The molecule has 0 aliphatic heterocycles. The van der Waals surface area contributed by atoms with E-state index in [1.54, 1.807) is 6.07 Å². The molecule has 0 radical (unpaired) electrons. The molecule has 0 aliphatic carbocycles. The van der Waals surface area contributed by atoms with Crippen LogP contribution in [0.5, 0.6) is 5.75 Å². The number of hydrogen-bond donors (Lipinski definition) is 2. The smallest absolute Gasteiger partial charge is 0.273 e. The molecule has 0 heterocycles. The Kier molecular flexibility index (Phi) is 5.48. The summed E-state index contributed by atoms with van der Waals surface area (Å²) in [5.74, 6) is 0.357. The van der Waals surface area contributed by atoms with Crippen molar-refractivity contribution in [3.05, 3.63) is 64.2 Å². The fourth-order valence-electron chi connectivity index (χ4n) is 2.08. The standard InChI is InChI=1S/C16H17N3O3S/c1-11(12-6-4-3-5-7-12)17-16(23)18-14-9-8-13(19(20)21)10-15(14)22-2/h3-11H,1-2H3,(H2,17,18,23)/t11-/m1/s1. The van der Waals surface area contributed by atoms with Crippen LogP contribution in [-0.2, 0) is 0 Å². The van der Waals surface area contributed by atoms with Crippen LogP contribution in [0.25, 0.3) is 0 Å². The number of nitrogens with one attached hydrogen (secondary N) is 2. The van der Waals surface area contributed by atoms with E-state index in [0.717, 1.165) is 5.56 Å². The average molecular weight is 331 g/mol. The maximum absolute atomic E-state index is 10.8. The van der Waals surface area contributed by atoms with Crippen LogP contribution in [-0.4, -0.2) is 17.1 Å². The van der Waals surface area contributed by atoms with Gasteiger partial charge < -0.3 is 15.4 Å². The third-order valence-electron chi connectivity index (χ3n) is 3.29. The van der Waals surface area contributed by atoms with E-state index in [1.807, 2.05) is 37.3 Å². The van der Waals surface area contributed by atoms with Gasteiger partial charge in [-0.05, 0) is 30.8 Å². The Morgan fingerprint density at radius 1 is 1.26 bits per heavy atom. The molecule has 23 heavy (non-hydrogen) atoms. The number of thiocarbonyl (C=S) groups is 1. The van der Waals surface area contributed by atoms with E-state index in [1.165, 1.54) is 19.2 Å². The van der Waals surface area contributed by atoms with E-state index in [4.69, 9.17) is 17.0 Å². The van der Waals surface area contributed by atoms with E-state index in [2.05, 4.69) is 10.6 Å². The zero-order valence-electron chi connectivity index (χ0n) is 12.8. The number of hydrogen-bond acceptors (Lipinski definition) is 4. The fraction of sp³-hybridized carbons (Fsp3) is 0.188. The molecule has 120 valence electrons. The number of nitrogens with zero attached hydrogens (tertiary/aromatic N) is 1. The highest BCUT2D eigenvalue weighted by Gasteiger charge is 2.13. The van der Waals surface area contributed by atoms with Gasteiger partial charge in [0.15, 0.2) is 5.11 Å². The monoisotopic (exact) mass is 331 g/mol. The van der Waals surface area contributed by atoms with Crippen molar-refractivity contribution in [1.82, 2.24) is 5.32 Å². The molecule has 2 N–H and O–H groups in total. The summed E-state index contributed by atoms with van der Waals surface area (Å²) < 4.78 is 5.17. The summed E-state index contributed by atoms with van der Waals surface area (Å²) >= 11 is 5.29. The first-order valence-electron chi connectivity index (χ1n) is 6.96. The normalized spacial score (nSPS) is 11.4. The summed E-state index contributed by atoms with van der Waals surface area (Å²) in [4.78, 5) is 10.3. The van der Waals surface area contributed by atoms with Crippen LogP contribution in [0.15, 0.2) is 48.5 Å². The maximum atomic E-state index is 10.8. The van der Waals surface area contributed by atoms with Crippen LogP contribution in [0.4, 0.5) is 11.4 Å². The first-order valence-corrected chi connectivity index (χ1v) is 7.37. The molecular weight excluding hydrogens is 314 g/mol. The lowest BCUT2D eigenvalue weighted by Crippen LogP contribution is -2.31. The fourth-order valence-corrected chi connectivity index (χ4v) is 2.36. The van der Waals surface area contributed by atoms with Crippen LogP contribution in [0.1, 0.15) is 18.5 Å². The molecule has 7 heteroatoms. The molecule has 2 aromatic rings. The highest BCUT2D eigenvalue weighted by molar-refractivity contribution is 7.80. The number of rotatable bonds is 5. The summed E-state index contributed by atoms with van der Waals surface area (Å²) in [5, 5.41) is 17.4. The molecule has 0 spiro atoms. The minimum absolute atomic E-state index is 0.0280. The minimum Gasteiger partial charge on any atom is -0.494 e. The van der Waals surface area contributed by atoms with Gasteiger partial charge in [0.25, 0.3) is 5.69 Å². The second-order valence-corrected chi connectivity index (χ2v) is 5.28. The molecule has 0 aliphatic rings. The summed E-state index contributed by atoms with van der Waals surface area (Å²) in [6.45, 7) is 2.00. The number of nitro benzene ring substituents is 1. The topological polar surface area (TPSA) is 76.4 Å². The zero-order valence-corrected chi connectivity index (χ0v) is 13.6. The highest BCUT2D eigenvalue weighted by atomic mass is 32.1. The third-order valence-corrected chi connectivity index (χ3v) is 3.51. The van der Waals surface area contributed by atoms with Gasteiger partial charge in [-0.2, -0.15) is 0 Å².